The fraction of sp³-hybridized carbons (Fsp3) is 0.231. The normalized spacial score (nSPS) is 12.5. The minimum absolute atomic E-state index is 0.206. The average molecular weight is 410 g/mol. The van der Waals surface area contributed by atoms with Crippen LogP contribution in [0.4, 0.5) is 4.39 Å². The molecule has 1 aromatic carbocycles. The number of thiophene rings is 1. The summed E-state index contributed by atoms with van der Waals surface area (Å²) in [6.45, 7) is 0. The van der Waals surface area contributed by atoms with Gasteiger partial charge in [-0.25, -0.2) is 4.39 Å². The third-order valence-corrected chi connectivity index (χ3v) is 5.07. The highest BCUT2D eigenvalue weighted by molar-refractivity contribution is 9.12. The van der Waals surface area contributed by atoms with E-state index in [0.717, 1.165) is 18.7 Å². The highest BCUT2D eigenvalue weighted by Crippen LogP contribution is 2.36. The van der Waals surface area contributed by atoms with Gasteiger partial charge in [0.2, 0.25) is 0 Å². The van der Waals surface area contributed by atoms with Gasteiger partial charge in [0, 0.05) is 12.0 Å². The fourth-order valence-corrected chi connectivity index (χ4v) is 4.71. The number of benzene rings is 1. The van der Waals surface area contributed by atoms with Crippen molar-refractivity contribution in [3.8, 4) is 5.75 Å². The van der Waals surface area contributed by atoms with Crippen molar-refractivity contribution in [2.24, 2.45) is 0 Å². The summed E-state index contributed by atoms with van der Waals surface area (Å²) < 4.78 is 20.2. The molecule has 2 rings (SSSR count). The van der Waals surface area contributed by atoms with Gasteiger partial charge in [-0.2, -0.15) is 0 Å². The molecule has 2 nitrogen and oxygen atoms in total. The van der Waals surface area contributed by atoms with Crippen molar-refractivity contribution >= 4 is 43.2 Å². The van der Waals surface area contributed by atoms with Crippen LogP contribution in [0.15, 0.2) is 31.8 Å². The molecule has 0 saturated heterocycles. The Morgan fingerprint density at radius 1 is 1.37 bits per heavy atom. The molecule has 0 aliphatic rings. The third kappa shape index (κ3) is 3.56. The molecule has 0 amide bonds. The van der Waals surface area contributed by atoms with Gasteiger partial charge >= 0.3 is 0 Å². The molecule has 102 valence electrons. The smallest absolute Gasteiger partial charge is 0.165 e. The number of ether oxygens (including phenoxy) is 1. The second-order valence-electron chi connectivity index (χ2n) is 3.97. The lowest BCUT2D eigenvalue weighted by Gasteiger charge is -2.11. The molecule has 0 spiro atoms. The molecule has 0 saturated carbocycles. The van der Waals surface area contributed by atoms with Crippen LogP contribution in [0.5, 0.6) is 5.75 Å². The molecule has 0 fully saturated rings. The number of halogens is 3. The zero-order valence-electron chi connectivity index (χ0n) is 9.99. The Morgan fingerprint density at radius 3 is 2.63 bits per heavy atom. The molecule has 2 aromatic rings. The molecule has 1 N–H and O–H groups in total. The van der Waals surface area contributed by atoms with Crippen molar-refractivity contribution in [2.45, 2.75) is 12.5 Å². The number of hydrogen-bond acceptors (Lipinski definition) is 3. The summed E-state index contributed by atoms with van der Waals surface area (Å²) in [4.78, 5) is 0. The second kappa shape index (κ2) is 6.35. The van der Waals surface area contributed by atoms with Gasteiger partial charge in [-0.1, -0.05) is 6.07 Å². The molecule has 0 bridgehead atoms. The van der Waals surface area contributed by atoms with Crippen molar-refractivity contribution in [3.05, 3.63) is 48.8 Å². The van der Waals surface area contributed by atoms with Gasteiger partial charge in [0.1, 0.15) is 0 Å². The Hall–Kier alpha value is -0.430. The molecule has 1 unspecified atom stereocenters. The lowest BCUT2D eigenvalue weighted by atomic mass is 10.0. The van der Waals surface area contributed by atoms with E-state index in [4.69, 9.17) is 4.74 Å². The predicted molar refractivity (Wildman–Crippen MR) is 81.3 cm³/mol. The van der Waals surface area contributed by atoms with Crippen molar-refractivity contribution < 1.29 is 14.2 Å². The Kier molecular flexibility index (Phi) is 5.00. The van der Waals surface area contributed by atoms with Crippen molar-refractivity contribution in [1.29, 1.82) is 0 Å². The predicted octanol–water partition coefficient (Wildman–Crippen LogP) is 4.70. The monoisotopic (exact) mass is 408 g/mol. The standard InChI is InChI=1S/C13H11Br2FO2S/c1-18-11-3-2-7(4-9(11)16)5-10(17)8-6-12(14)19-13(8)15/h2-4,6,10,17H,5H2,1H3. The molecule has 1 aromatic heterocycles. The summed E-state index contributed by atoms with van der Waals surface area (Å²) in [5, 5.41) is 10.2. The van der Waals surface area contributed by atoms with Crippen LogP contribution in [0.3, 0.4) is 0 Å². The quantitative estimate of drug-likeness (QED) is 0.793. The van der Waals surface area contributed by atoms with E-state index in [-0.39, 0.29) is 5.75 Å². The van der Waals surface area contributed by atoms with Crippen LogP contribution in [0, 0.1) is 5.82 Å². The summed E-state index contributed by atoms with van der Waals surface area (Å²) in [5.74, 6) is -0.213. The first-order valence-corrected chi connectivity index (χ1v) is 7.86. The lowest BCUT2D eigenvalue weighted by Crippen LogP contribution is -2.02. The van der Waals surface area contributed by atoms with E-state index >= 15 is 0 Å². The largest absolute Gasteiger partial charge is 0.494 e. The summed E-state index contributed by atoms with van der Waals surface area (Å²) in [5.41, 5.74) is 1.52. The van der Waals surface area contributed by atoms with E-state index in [2.05, 4.69) is 31.9 Å². The van der Waals surface area contributed by atoms with E-state index in [9.17, 15) is 9.50 Å². The van der Waals surface area contributed by atoms with Gasteiger partial charge in [0.15, 0.2) is 11.6 Å². The first-order chi connectivity index (χ1) is 9.01. The maximum absolute atomic E-state index is 13.6. The van der Waals surface area contributed by atoms with Crippen molar-refractivity contribution in [1.82, 2.24) is 0 Å². The maximum atomic E-state index is 13.6. The van der Waals surface area contributed by atoms with Crippen LogP contribution in [-0.2, 0) is 6.42 Å². The molecule has 6 heteroatoms. The van der Waals surface area contributed by atoms with Crippen LogP contribution < -0.4 is 4.74 Å². The number of methoxy groups -OCH3 is 1. The number of aliphatic hydroxyl groups excluding tert-OH is 1. The molecular weight excluding hydrogens is 399 g/mol. The van der Waals surface area contributed by atoms with Gasteiger partial charge in [-0.15, -0.1) is 11.3 Å². The highest BCUT2D eigenvalue weighted by Gasteiger charge is 2.16. The van der Waals surface area contributed by atoms with Crippen LogP contribution in [0.1, 0.15) is 17.2 Å². The van der Waals surface area contributed by atoms with Crippen LogP contribution in [0.2, 0.25) is 0 Å². The number of hydrogen-bond donors (Lipinski definition) is 1. The first-order valence-electron chi connectivity index (χ1n) is 5.46. The first kappa shape index (κ1) is 15.0. The summed E-state index contributed by atoms with van der Waals surface area (Å²) >= 11 is 8.27. The van der Waals surface area contributed by atoms with Gasteiger partial charge in [-0.3, -0.25) is 0 Å². The SMILES string of the molecule is COc1ccc(CC(O)c2cc(Br)sc2Br)cc1F. The van der Waals surface area contributed by atoms with Crippen LogP contribution >= 0.6 is 43.2 Å². The Bertz CT molecular complexity index is 586. The highest BCUT2D eigenvalue weighted by atomic mass is 79.9. The van der Waals surface area contributed by atoms with Crippen LogP contribution in [-0.4, -0.2) is 12.2 Å². The van der Waals surface area contributed by atoms with E-state index in [0.29, 0.717) is 6.42 Å². The molecule has 1 heterocycles. The number of rotatable bonds is 4. The van der Waals surface area contributed by atoms with Gasteiger partial charge in [0.25, 0.3) is 0 Å². The van der Waals surface area contributed by atoms with E-state index in [1.807, 2.05) is 6.07 Å². The van der Waals surface area contributed by atoms with Gasteiger partial charge in [-0.05, 0) is 55.6 Å². The van der Waals surface area contributed by atoms with Crippen molar-refractivity contribution in [2.75, 3.05) is 7.11 Å². The Morgan fingerprint density at radius 2 is 2.11 bits per heavy atom. The van der Waals surface area contributed by atoms with E-state index in [1.165, 1.54) is 24.5 Å². The fourth-order valence-electron chi connectivity index (χ4n) is 1.75. The zero-order valence-corrected chi connectivity index (χ0v) is 14.0. The summed E-state index contributed by atoms with van der Waals surface area (Å²) in [6, 6.07) is 6.56. The Balaban J connectivity index is 2.17. The molecule has 19 heavy (non-hydrogen) atoms. The average Bonchev–Trinajstić information content (AvgIpc) is 2.69. The molecule has 1 atom stereocenters. The van der Waals surface area contributed by atoms with Crippen LogP contribution in [0.25, 0.3) is 0 Å². The third-order valence-electron chi connectivity index (χ3n) is 2.69. The van der Waals surface area contributed by atoms with Gasteiger partial charge < -0.3 is 9.84 Å². The zero-order chi connectivity index (χ0) is 14.0. The molecular formula is C13H11Br2FO2S. The molecule has 0 aliphatic heterocycles. The number of aliphatic hydroxyl groups is 1. The molecule has 0 radical (unpaired) electrons. The van der Waals surface area contributed by atoms with E-state index in [1.54, 1.807) is 12.1 Å². The summed E-state index contributed by atoms with van der Waals surface area (Å²) in [6.07, 6.45) is -0.326. The minimum atomic E-state index is -0.676. The van der Waals surface area contributed by atoms with Gasteiger partial charge in [0.05, 0.1) is 20.8 Å². The summed E-state index contributed by atoms with van der Waals surface area (Å²) in [7, 11) is 1.42. The molecule has 0 aliphatic carbocycles. The second-order valence-corrected chi connectivity index (χ2v) is 7.72. The van der Waals surface area contributed by atoms with Crippen molar-refractivity contribution in [3.63, 3.8) is 0 Å². The lowest BCUT2D eigenvalue weighted by molar-refractivity contribution is 0.178. The topological polar surface area (TPSA) is 29.5 Å². The van der Waals surface area contributed by atoms with E-state index < -0.39 is 11.9 Å². The maximum Gasteiger partial charge on any atom is 0.165 e. The minimum Gasteiger partial charge on any atom is -0.494 e. The Labute approximate surface area is 131 Å².